The zero-order valence-electron chi connectivity index (χ0n) is 10.7. The summed E-state index contributed by atoms with van der Waals surface area (Å²) >= 11 is 5.84. The number of halogens is 1. The van der Waals surface area contributed by atoms with Gasteiger partial charge in [0.1, 0.15) is 11.6 Å². The number of anilines is 2. The maximum Gasteiger partial charge on any atom is 0.267 e. The summed E-state index contributed by atoms with van der Waals surface area (Å²) in [7, 11) is 0. The van der Waals surface area contributed by atoms with Crippen molar-refractivity contribution < 1.29 is 9.90 Å². The number of carbonyl (C=O) groups excluding carboxylic acids is 1. The first-order valence-electron chi connectivity index (χ1n) is 5.89. The summed E-state index contributed by atoms with van der Waals surface area (Å²) in [4.78, 5) is 11.8. The van der Waals surface area contributed by atoms with E-state index in [1.807, 2.05) is 0 Å². The van der Waals surface area contributed by atoms with E-state index in [0.717, 1.165) is 0 Å². The molecule has 0 fully saturated rings. The number of hydrogen-bond acceptors (Lipinski definition) is 5. The largest absolute Gasteiger partial charge is 0.398 e. The summed E-state index contributed by atoms with van der Waals surface area (Å²) in [5.41, 5.74) is 6.35. The fourth-order valence-electron chi connectivity index (χ4n) is 1.31. The Morgan fingerprint density at radius 2 is 2.30 bits per heavy atom. The third-order valence-electron chi connectivity index (χ3n) is 2.35. The van der Waals surface area contributed by atoms with Gasteiger partial charge in [0, 0.05) is 25.0 Å². The molecule has 5 N–H and O–H groups in total. The van der Waals surface area contributed by atoms with E-state index in [1.54, 1.807) is 18.2 Å². The van der Waals surface area contributed by atoms with Gasteiger partial charge in [-0.3, -0.25) is 4.79 Å². The number of nitriles is 1. The highest BCUT2D eigenvalue weighted by Gasteiger charge is 2.09. The molecule has 0 unspecified atom stereocenters. The van der Waals surface area contributed by atoms with Crippen molar-refractivity contribution in [3.05, 3.63) is 35.0 Å². The fourth-order valence-corrected chi connectivity index (χ4v) is 1.49. The quantitative estimate of drug-likeness (QED) is 0.273. The van der Waals surface area contributed by atoms with Crippen LogP contribution in [0.5, 0.6) is 0 Å². The van der Waals surface area contributed by atoms with Crippen molar-refractivity contribution in [3.8, 4) is 6.07 Å². The minimum Gasteiger partial charge on any atom is -0.398 e. The highest BCUT2D eigenvalue weighted by atomic mass is 35.5. The zero-order chi connectivity index (χ0) is 15.0. The topological polar surface area (TPSA) is 111 Å². The van der Waals surface area contributed by atoms with Crippen molar-refractivity contribution >= 4 is 28.9 Å². The number of hydrogen-bond donors (Lipinski definition) is 4. The molecule has 0 spiro atoms. The summed E-state index contributed by atoms with van der Waals surface area (Å²) in [5, 5.41) is 23.2. The second-order valence-corrected chi connectivity index (χ2v) is 4.30. The first-order valence-corrected chi connectivity index (χ1v) is 6.27. The van der Waals surface area contributed by atoms with Gasteiger partial charge in [-0.05, 0) is 24.6 Å². The Hall–Kier alpha value is -2.23. The molecule has 0 bridgehead atoms. The van der Waals surface area contributed by atoms with Crippen LogP contribution in [0.15, 0.2) is 30.0 Å². The van der Waals surface area contributed by atoms with Gasteiger partial charge in [0.2, 0.25) is 0 Å². The molecule has 7 heteroatoms. The molecule has 0 saturated heterocycles. The Morgan fingerprint density at radius 1 is 1.55 bits per heavy atom. The monoisotopic (exact) mass is 294 g/mol. The van der Waals surface area contributed by atoms with Crippen LogP contribution < -0.4 is 16.4 Å². The minimum absolute atomic E-state index is 0.0405. The van der Waals surface area contributed by atoms with Crippen LogP contribution in [0.25, 0.3) is 0 Å². The van der Waals surface area contributed by atoms with Gasteiger partial charge in [-0.1, -0.05) is 11.6 Å². The van der Waals surface area contributed by atoms with Gasteiger partial charge in [0.05, 0.1) is 10.7 Å². The number of aliphatic hydroxyl groups excluding tert-OH is 1. The molecule has 1 aromatic carbocycles. The number of nitrogens with zero attached hydrogens (tertiary/aromatic N) is 1. The Balaban J connectivity index is 2.67. The second-order valence-electron chi connectivity index (χ2n) is 3.89. The number of rotatable bonds is 6. The maximum absolute atomic E-state index is 11.8. The van der Waals surface area contributed by atoms with Gasteiger partial charge in [-0.15, -0.1) is 0 Å². The average Bonchev–Trinajstić information content (AvgIpc) is 2.43. The van der Waals surface area contributed by atoms with Crippen LogP contribution in [0.3, 0.4) is 0 Å². The maximum atomic E-state index is 11.8. The van der Waals surface area contributed by atoms with Crippen LogP contribution in [0.1, 0.15) is 6.42 Å². The third kappa shape index (κ3) is 4.80. The molecule has 0 heterocycles. The van der Waals surface area contributed by atoms with Crippen molar-refractivity contribution in [2.24, 2.45) is 0 Å². The highest BCUT2D eigenvalue weighted by molar-refractivity contribution is 6.33. The number of amides is 1. The molecule has 1 amide bonds. The third-order valence-corrected chi connectivity index (χ3v) is 2.68. The second kappa shape index (κ2) is 8.04. The van der Waals surface area contributed by atoms with Crippen molar-refractivity contribution in [1.29, 1.82) is 5.26 Å². The summed E-state index contributed by atoms with van der Waals surface area (Å²) < 4.78 is 0. The van der Waals surface area contributed by atoms with Gasteiger partial charge in [0.25, 0.3) is 5.91 Å². The van der Waals surface area contributed by atoms with Gasteiger partial charge in [0.15, 0.2) is 0 Å². The molecule has 0 aliphatic heterocycles. The first-order chi connectivity index (χ1) is 9.58. The standard InChI is InChI=1S/C13H15ClN4O2/c14-11-6-10(2-3-12(11)16)18-13(20)9(7-15)8-17-4-1-5-19/h2-3,6,8,17,19H,1,4-5,16H2,(H,18,20)/b9-8-. The number of carbonyl (C=O) groups is 1. The fraction of sp³-hybridized carbons (Fsp3) is 0.231. The lowest BCUT2D eigenvalue weighted by atomic mass is 10.2. The van der Waals surface area contributed by atoms with Gasteiger partial charge < -0.3 is 21.5 Å². The molecule has 20 heavy (non-hydrogen) atoms. The van der Waals surface area contributed by atoms with Crippen molar-refractivity contribution in [2.45, 2.75) is 6.42 Å². The predicted octanol–water partition coefficient (Wildman–Crippen LogP) is 1.24. The molecule has 6 nitrogen and oxygen atoms in total. The number of benzene rings is 1. The average molecular weight is 295 g/mol. The van der Waals surface area contributed by atoms with E-state index in [4.69, 9.17) is 27.7 Å². The van der Waals surface area contributed by atoms with E-state index < -0.39 is 5.91 Å². The van der Waals surface area contributed by atoms with Crippen LogP contribution in [0.4, 0.5) is 11.4 Å². The van der Waals surface area contributed by atoms with Crippen molar-refractivity contribution in [1.82, 2.24) is 5.32 Å². The molecule has 0 aliphatic rings. The number of nitrogens with two attached hydrogens (primary N) is 1. The lowest BCUT2D eigenvalue weighted by molar-refractivity contribution is -0.112. The van der Waals surface area contributed by atoms with Crippen LogP contribution in [-0.2, 0) is 4.79 Å². The van der Waals surface area contributed by atoms with Crippen molar-refractivity contribution in [3.63, 3.8) is 0 Å². The molecule has 0 aliphatic carbocycles. The van der Waals surface area contributed by atoms with Gasteiger partial charge >= 0.3 is 0 Å². The molecule has 0 aromatic heterocycles. The lowest BCUT2D eigenvalue weighted by Crippen LogP contribution is -2.17. The Morgan fingerprint density at radius 3 is 2.90 bits per heavy atom. The summed E-state index contributed by atoms with van der Waals surface area (Å²) in [6.45, 7) is 0.515. The highest BCUT2D eigenvalue weighted by Crippen LogP contribution is 2.22. The van der Waals surface area contributed by atoms with E-state index in [9.17, 15) is 4.79 Å². The Labute approximate surface area is 121 Å². The molecular formula is C13H15ClN4O2. The minimum atomic E-state index is -0.551. The summed E-state index contributed by atoms with van der Waals surface area (Å²) in [6, 6.07) is 6.45. The molecule has 0 atom stereocenters. The van der Waals surface area contributed by atoms with Gasteiger partial charge in [-0.25, -0.2) is 0 Å². The normalized spacial score (nSPS) is 10.8. The molecule has 106 valence electrons. The van der Waals surface area contributed by atoms with E-state index in [2.05, 4.69) is 10.6 Å². The van der Waals surface area contributed by atoms with E-state index in [-0.39, 0.29) is 12.2 Å². The molecule has 0 radical (unpaired) electrons. The summed E-state index contributed by atoms with van der Waals surface area (Å²) in [5.74, 6) is -0.551. The van der Waals surface area contributed by atoms with E-state index in [0.29, 0.717) is 29.4 Å². The SMILES string of the molecule is N#C/C(=C/NCCCO)C(=O)Nc1ccc(N)c(Cl)c1. The smallest absolute Gasteiger partial charge is 0.267 e. The zero-order valence-corrected chi connectivity index (χ0v) is 11.4. The molecular weight excluding hydrogens is 280 g/mol. The number of aliphatic hydroxyl groups is 1. The first kappa shape index (κ1) is 15.8. The van der Waals surface area contributed by atoms with Crippen molar-refractivity contribution in [2.75, 3.05) is 24.2 Å². The van der Waals surface area contributed by atoms with E-state index in [1.165, 1.54) is 12.3 Å². The van der Waals surface area contributed by atoms with Crippen LogP contribution in [0, 0.1) is 11.3 Å². The predicted molar refractivity (Wildman–Crippen MR) is 77.9 cm³/mol. The summed E-state index contributed by atoms with van der Waals surface area (Å²) in [6.07, 6.45) is 1.84. The van der Waals surface area contributed by atoms with Crippen LogP contribution >= 0.6 is 11.6 Å². The molecule has 1 aromatic rings. The number of nitrogen functional groups attached to an aromatic ring is 1. The number of nitrogens with one attached hydrogen (secondary N) is 2. The van der Waals surface area contributed by atoms with Crippen LogP contribution in [-0.4, -0.2) is 24.2 Å². The van der Waals surface area contributed by atoms with E-state index >= 15 is 0 Å². The van der Waals surface area contributed by atoms with Crippen LogP contribution in [0.2, 0.25) is 5.02 Å². The Bertz CT molecular complexity index is 552. The Kier molecular flexibility index (Phi) is 6.37. The molecule has 0 saturated carbocycles. The lowest BCUT2D eigenvalue weighted by Gasteiger charge is -2.06. The van der Waals surface area contributed by atoms with Gasteiger partial charge in [-0.2, -0.15) is 5.26 Å². The molecule has 1 rings (SSSR count).